The van der Waals surface area contributed by atoms with E-state index in [1.807, 2.05) is 7.11 Å². The van der Waals surface area contributed by atoms with E-state index in [-0.39, 0.29) is 65.3 Å². The molecule has 41 heavy (non-hydrogen) atoms. The van der Waals surface area contributed by atoms with E-state index >= 15 is 0 Å². The van der Waals surface area contributed by atoms with Crippen LogP contribution in [0.4, 0.5) is 5.69 Å². The summed E-state index contributed by atoms with van der Waals surface area (Å²) in [6.07, 6.45) is 3.70. The third-order valence-electron chi connectivity index (χ3n) is 12.5. The average Bonchev–Trinajstić information content (AvgIpc) is 3.43. The van der Waals surface area contributed by atoms with Gasteiger partial charge in [0, 0.05) is 76.3 Å². The highest BCUT2D eigenvalue weighted by molar-refractivity contribution is 6.00. The first-order chi connectivity index (χ1) is 19.7. The molecule has 9 heteroatoms. The Labute approximate surface area is 242 Å². The van der Waals surface area contributed by atoms with Crippen LogP contribution in [0.3, 0.4) is 0 Å². The monoisotopic (exact) mass is 568 g/mol. The van der Waals surface area contributed by atoms with Crippen LogP contribution in [0.25, 0.3) is 0 Å². The number of esters is 1. The van der Waals surface area contributed by atoms with Gasteiger partial charge in [0.25, 0.3) is 0 Å². The standard InChI is InChI=1S/C32H44N2O7/c1-6-34-16-30(41-29(36)18-9-7-8-10-22(18)33-17(2)35)12-11-25(39-4)32-20-13-19-23(38-3)15-31(37,26(20)27(19)40-5)21(28(32)34)14-24(30)32/h7-10,19-21,23-28,37H,6,11-16H2,1-5H3,(H,33,35). The quantitative estimate of drug-likeness (QED) is 0.484. The first kappa shape index (κ1) is 27.8. The van der Waals surface area contributed by atoms with Crippen LogP contribution in [-0.2, 0) is 23.7 Å². The van der Waals surface area contributed by atoms with Gasteiger partial charge in [0.2, 0.25) is 5.91 Å². The molecule has 5 aliphatic carbocycles. The number of carbonyl (C=O) groups is 2. The van der Waals surface area contributed by atoms with E-state index < -0.39 is 17.2 Å². The Balaban J connectivity index is 1.35. The number of benzene rings is 1. The molecule has 1 spiro atoms. The molecule has 12 atom stereocenters. The fourth-order valence-electron chi connectivity index (χ4n) is 11.6. The minimum atomic E-state index is -0.921. The van der Waals surface area contributed by atoms with E-state index in [1.165, 1.54) is 6.92 Å². The summed E-state index contributed by atoms with van der Waals surface area (Å²) >= 11 is 0. The van der Waals surface area contributed by atoms with Gasteiger partial charge in [-0.2, -0.15) is 0 Å². The fraction of sp³-hybridized carbons (Fsp3) is 0.750. The van der Waals surface area contributed by atoms with Gasteiger partial charge >= 0.3 is 5.97 Å². The molecule has 1 amide bonds. The van der Waals surface area contributed by atoms with Crippen LogP contribution in [0.15, 0.2) is 24.3 Å². The normalized spacial score (nSPS) is 47.2. The number of hydrogen-bond donors (Lipinski definition) is 2. The second-order valence-electron chi connectivity index (χ2n) is 13.5. The highest BCUT2D eigenvalue weighted by Crippen LogP contribution is 2.78. The number of likely N-dealkylation sites (tertiary alicyclic amines) is 1. The lowest BCUT2D eigenvalue weighted by Gasteiger charge is -2.69. The Hall–Kier alpha value is -2.04. The maximum absolute atomic E-state index is 14.0. The van der Waals surface area contributed by atoms with Gasteiger partial charge in [0.1, 0.15) is 5.60 Å². The van der Waals surface area contributed by atoms with E-state index in [0.717, 1.165) is 25.8 Å². The first-order valence-electron chi connectivity index (χ1n) is 15.3. The summed E-state index contributed by atoms with van der Waals surface area (Å²) in [6, 6.07) is 7.20. The van der Waals surface area contributed by atoms with Gasteiger partial charge in [-0.15, -0.1) is 0 Å². The third-order valence-corrected chi connectivity index (χ3v) is 12.5. The number of rotatable bonds is 7. The zero-order chi connectivity index (χ0) is 28.9. The van der Waals surface area contributed by atoms with Crippen LogP contribution in [0.5, 0.6) is 0 Å². The molecule has 1 aromatic rings. The van der Waals surface area contributed by atoms with Crippen molar-refractivity contribution in [2.45, 2.75) is 81.5 Å². The van der Waals surface area contributed by atoms with Crippen molar-refractivity contribution in [3.63, 3.8) is 0 Å². The van der Waals surface area contributed by atoms with Crippen molar-refractivity contribution in [1.82, 2.24) is 4.90 Å². The molecule has 7 rings (SSSR count). The van der Waals surface area contributed by atoms with Gasteiger partial charge in [-0.25, -0.2) is 4.79 Å². The lowest BCUT2D eigenvalue weighted by Crippen LogP contribution is -2.78. The van der Waals surface area contributed by atoms with Gasteiger partial charge in [-0.05, 0) is 50.3 Å². The Bertz CT molecular complexity index is 1240. The summed E-state index contributed by atoms with van der Waals surface area (Å²) in [7, 11) is 5.37. The number of nitrogens with one attached hydrogen (secondary N) is 1. The van der Waals surface area contributed by atoms with E-state index in [0.29, 0.717) is 30.6 Å². The van der Waals surface area contributed by atoms with Gasteiger partial charge in [0.15, 0.2) is 0 Å². The molecule has 5 saturated carbocycles. The lowest BCUT2D eigenvalue weighted by molar-refractivity contribution is -0.284. The van der Waals surface area contributed by atoms with Crippen molar-refractivity contribution in [3.8, 4) is 0 Å². The summed E-state index contributed by atoms with van der Waals surface area (Å²) in [5.74, 6) is -0.203. The van der Waals surface area contributed by atoms with Crippen LogP contribution >= 0.6 is 0 Å². The van der Waals surface area contributed by atoms with Crippen molar-refractivity contribution < 1.29 is 33.6 Å². The van der Waals surface area contributed by atoms with Crippen molar-refractivity contribution in [2.24, 2.45) is 35.0 Å². The molecule has 0 aromatic heterocycles. The minimum Gasteiger partial charge on any atom is -0.454 e. The highest BCUT2D eigenvalue weighted by atomic mass is 16.6. The van der Waals surface area contributed by atoms with Gasteiger partial charge in [-0.1, -0.05) is 19.1 Å². The molecule has 1 aliphatic heterocycles. The number of amides is 1. The van der Waals surface area contributed by atoms with Crippen molar-refractivity contribution in [2.75, 3.05) is 39.7 Å². The molecule has 9 nitrogen and oxygen atoms in total. The number of aliphatic hydroxyl groups is 1. The second kappa shape index (κ2) is 9.48. The summed E-state index contributed by atoms with van der Waals surface area (Å²) in [5, 5.41) is 15.6. The molecule has 2 N–H and O–H groups in total. The molecular formula is C32H44N2O7. The summed E-state index contributed by atoms with van der Waals surface area (Å²) in [6.45, 7) is 5.05. The van der Waals surface area contributed by atoms with E-state index in [4.69, 9.17) is 18.9 Å². The molecular weight excluding hydrogens is 524 g/mol. The number of methoxy groups -OCH3 is 3. The van der Waals surface area contributed by atoms with Crippen LogP contribution in [-0.4, -0.2) is 91.9 Å². The predicted molar refractivity (Wildman–Crippen MR) is 150 cm³/mol. The van der Waals surface area contributed by atoms with Crippen LogP contribution < -0.4 is 5.32 Å². The van der Waals surface area contributed by atoms with Crippen molar-refractivity contribution >= 4 is 17.6 Å². The number of nitrogens with zero attached hydrogens (tertiary/aromatic N) is 1. The summed E-state index contributed by atoms with van der Waals surface area (Å²) in [4.78, 5) is 28.4. The molecule has 1 saturated heterocycles. The van der Waals surface area contributed by atoms with E-state index in [9.17, 15) is 14.7 Å². The number of ether oxygens (including phenoxy) is 4. The van der Waals surface area contributed by atoms with Crippen molar-refractivity contribution in [1.29, 1.82) is 0 Å². The molecule has 1 aromatic carbocycles. The molecule has 0 radical (unpaired) electrons. The Morgan fingerprint density at radius 1 is 1.10 bits per heavy atom. The molecule has 6 fully saturated rings. The number of para-hydroxylation sites is 1. The number of anilines is 1. The topological polar surface area (TPSA) is 107 Å². The SMILES string of the molecule is CCN1CC2(OC(=O)c3ccccc3NC(C)=O)CCC(OC)C34C5CC6C(OC)CC(O)(C(CC23)C14)C5C6OC. The van der Waals surface area contributed by atoms with Crippen LogP contribution in [0.1, 0.15) is 56.3 Å². The number of likely N-dealkylation sites (N-methyl/N-ethyl adjacent to an activating group) is 1. The van der Waals surface area contributed by atoms with Gasteiger partial charge in [0.05, 0.1) is 35.2 Å². The average molecular weight is 569 g/mol. The predicted octanol–water partition coefficient (Wildman–Crippen LogP) is 3.11. The fourth-order valence-corrected chi connectivity index (χ4v) is 11.6. The van der Waals surface area contributed by atoms with Gasteiger partial charge < -0.3 is 29.4 Å². The zero-order valence-corrected chi connectivity index (χ0v) is 24.8. The smallest absolute Gasteiger partial charge is 0.340 e. The second-order valence-corrected chi connectivity index (χ2v) is 13.5. The van der Waals surface area contributed by atoms with Crippen LogP contribution in [0, 0.1) is 35.0 Å². The number of carbonyl (C=O) groups excluding carboxylic acids is 2. The largest absolute Gasteiger partial charge is 0.454 e. The van der Waals surface area contributed by atoms with E-state index in [1.54, 1.807) is 38.5 Å². The van der Waals surface area contributed by atoms with E-state index in [2.05, 4.69) is 17.1 Å². The third kappa shape index (κ3) is 3.41. The first-order valence-corrected chi connectivity index (χ1v) is 15.3. The molecule has 7 bridgehead atoms. The molecule has 12 unspecified atom stereocenters. The Kier molecular flexibility index (Phi) is 6.42. The Morgan fingerprint density at radius 3 is 2.56 bits per heavy atom. The number of fused-ring (bicyclic) bond motifs is 2. The number of piperidine rings is 1. The van der Waals surface area contributed by atoms with Crippen LogP contribution in [0.2, 0.25) is 0 Å². The summed E-state index contributed by atoms with van der Waals surface area (Å²) in [5.41, 5.74) is -1.08. The molecule has 1 heterocycles. The maximum Gasteiger partial charge on any atom is 0.340 e. The minimum absolute atomic E-state index is 0.00254. The molecule has 6 aliphatic rings. The van der Waals surface area contributed by atoms with Gasteiger partial charge in [-0.3, -0.25) is 9.69 Å². The number of hydrogen-bond acceptors (Lipinski definition) is 8. The maximum atomic E-state index is 14.0. The Morgan fingerprint density at radius 2 is 1.88 bits per heavy atom. The highest BCUT2D eigenvalue weighted by Gasteiger charge is 2.84. The lowest BCUT2D eigenvalue weighted by atomic mass is 9.45. The zero-order valence-electron chi connectivity index (χ0n) is 24.8. The summed E-state index contributed by atoms with van der Waals surface area (Å²) < 4.78 is 25.4. The molecule has 224 valence electrons. The van der Waals surface area contributed by atoms with Crippen molar-refractivity contribution in [3.05, 3.63) is 29.8 Å².